The number of carbonyl (C=O) groups is 1. The summed E-state index contributed by atoms with van der Waals surface area (Å²) < 4.78 is 0. The van der Waals surface area contributed by atoms with Crippen LogP contribution >= 0.6 is 11.6 Å². The van der Waals surface area contributed by atoms with Crippen molar-refractivity contribution in [3.8, 4) is 0 Å². The Kier molecular flexibility index (Phi) is 7.20. The summed E-state index contributed by atoms with van der Waals surface area (Å²) in [5.74, 6) is 0.783. The molecule has 19 heavy (non-hydrogen) atoms. The van der Waals surface area contributed by atoms with Gasteiger partial charge < -0.3 is 5.32 Å². The van der Waals surface area contributed by atoms with Crippen LogP contribution in [0.3, 0.4) is 0 Å². The molecule has 0 aliphatic heterocycles. The predicted octanol–water partition coefficient (Wildman–Crippen LogP) is 4.51. The van der Waals surface area contributed by atoms with Gasteiger partial charge in [0.05, 0.1) is 5.38 Å². The molecule has 0 aromatic carbocycles. The van der Waals surface area contributed by atoms with E-state index in [1.54, 1.807) is 0 Å². The molecule has 0 heterocycles. The number of amides is 1. The van der Waals surface area contributed by atoms with Crippen molar-refractivity contribution >= 4 is 17.5 Å². The summed E-state index contributed by atoms with van der Waals surface area (Å²) in [4.78, 5) is 11.9. The lowest BCUT2D eigenvalue weighted by Gasteiger charge is -2.22. The second kappa shape index (κ2) is 8.14. The molecule has 112 valence electrons. The molecule has 1 fully saturated rings. The fraction of sp³-hybridized carbons (Fsp3) is 0.938. The van der Waals surface area contributed by atoms with Crippen LogP contribution in [0.2, 0.25) is 0 Å². The second-order valence-electron chi connectivity index (χ2n) is 7.23. The van der Waals surface area contributed by atoms with Crippen LogP contribution in [0.5, 0.6) is 0 Å². The fourth-order valence-corrected chi connectivity index (χ4v) is 3.40. The average molecular weight is 288 g/mol. The van der Waals surface area contributed by atoms with Gasteiger partial charge >= 0.3 is 0 Å². The smallest absolute Gasteiger partial charge is 0.220 e. The number of alkyl halides is 1. The maximum absolute atomic E-state index is 11.9. The highest BCUT2D eigenvalue weighted by Gasteiger charge is 2.19. The molecular weight excluding hydrogens is 258 g/mol. The largest absolute Gasteiger partial charge is 0.355 e. The van der Waals surface area contributed by atoms with Crippen LogP contribution in [0.1, 0.15) is 72.1 Å². The normalized spacial score (nSPS) is 19.8. The van der Waals surface area contributed by atoms with Crippen molar-refractivity contribution in [2.45, 2.75) is 77.5 Å². The molecule has 0 bridgehead atoms. The quantitative estimate of drug-likeness (QED) is 0.585. The zero-order chi connectivity index (χ0) is 14.3. The number of nitrogens with one attached hydrogen (secondary N) is 1. The van der Waals surface area contributed by atoms with Crippen molar-refractivity contribution in [2.75, 3.05) is 6.54 Å². The highest BCUT2D eigenvalue weighted by molar-refractivity contribution is 6.20. The third-order valence-corrected chi connectivity index (χ3v) is 4.11. The minimum Gasteiger partial charge on any atom is -0.355 e. The van der Waals surface area contributed by atoms with Gasteiger partial charge in [-0.2, -0.15) is 0 Å². The number of carbonyl (C=O) groups excluding carboxylic acids is 1. The van der Waals surface area contributed by atoms with Crippen LogP contribution in [-0.4, -0.2) is 17.8 Å². The van der Waals surface area contributed by atoms with Gasteiger partial charge in [-0.3, -0.25) is 4.79 Å². The van der Waals surface area contributed by atoms with Crippen molar-refractivity contribution in [1.29, 1.82) is 0 Å². The first-order valence-electron chi connectivity index (χ1n) is 7.77. The van der Waals surface area contributed by atoms with Gasteiger partial charge in [0.1, 0.15) is 0 Å². The van der Waals surface area contributed by atoms with Crippen LogP contribution in [-0.2, 0) is 4.79 Å². The summed E-state index contributed by atoms with van der Waals surface area (Å²) in [5.41, 5.74) is 0.221. The first-order chi connectivity index (χ1) is 8.87. The standard InChI is InChI=1S/C16H30ClNO/c1-16(2,3)11-14(17)12-18-15(19)10-13-8-6-4-5-7-9-13/h13-14H,4-12H2,1-3H3,(H,18,19). The SMILES string of the molecule is CC(C)(C)CC(Cl)CNC(=O)CC1CCCCCC1. The first-order valence-corrected chi connectivity index (χ1v) is 8.21. The summed E-state index contributed by atoms with van der Waals surface area (Å²) in [7, 11) is 0. The lowest BCUT2D eigenvalue weighted by atomic mass is 9.90. The van der Waals surface area contributed by atoms with Crippen molar-refractivity contribution < 1.29 is 4.79 Å². The topological polar surface area (TPSA) is 29.1 Å². The van der Waals surface area contributed by atoms with E-state index in [0.717, 1.165) is 6.42 Å². The Morgan fingerprint density at radius 1 is 1.21 bits per heavy atom. The summed E-state index contributed by atoms with van der Waals surface area (Å²) >= 11 is 6.26. The van der Waals surface area contributed by atoms with Crippen molar-refractivity contribution in [2.24, 2.45) is 11.3 Å². The highest BCUT2D eigenvalue weighted by atomic mass is 35.5. The molecule has 0 spiro atoms. The zero-order valence-electron chi connectivity index (χ0n) is 12.8. The molecule has 3 heteroatoms. The number of halogens is 1. The van der Waals surface area contributed by atoms with E-state index in [4.69, 9.17) is 11.6 Å². The molecule has 0 saturated heterocycles. The van der Waals surface area contributed by atoms with Gasteiger partial charge in [-0.25, -0.2) is 0 Å². The van der Waals surface area contributed by atoms with Crippen molar-refractivity contribution in [3.05, 3.63) is 0 Å². The van der Waals surface area contributed by atoms with Gasteiger partial charge in [0.2, 0.25) is 5.91 Å². The van der Waals surface area contributed by atoms with Gasteiger partial charge in [0, 0.05) is 13.0 Å². The third kappa shape index (κ3) is 8.52. The van der Waals surface area contributed by atoms with Crippen molar-refractivity contribution in [3.63, 3.8) is 0 Å². The molecule has 0 aromatic rings. The fourth-order valence-electron chi connectivity index (χ4n) is 2.86. The molecule has 1 saturated carbocycles. The van der Waals surface area contributed by atoms with Crippen LogP contribution in [0.15, 0.2) is 0 Å². The Morgan fingerprint density at radius 3 is 2.32 bits per heavy atom. The van der Waals surface area contributed by atoms with E-state index in [-0.39, 0.29) is 16.7 Å². The molecule has 1 rings (SSSR count). The summed E-state index contributed by atoms with van der Waals surface area (Å²) in [5, 5.41) is 3.04. The van der Waals surface area contributed by atoms with Crippen LogP contribution in [0, 0.1) is 11.3 Å². The minimum absolute atomic E-state index is 0.0399. The summed E-state index contributed by atoms with van der Waals surface area (Å²) in [6.45, 7) is 7.13. The van der Waals surface area contributed by atoms with Crippen molar-refractivity contribution in [1.82, 2.24) is 5.32 Å². The third-order valence-electron chi connectivity index (χ3n) is 3.80. The molecule has 1 aliphatic carbocycles. The van der Waals surface area contributed by atoms with E-state index in [2.05, 4.69) is 26.1 Å². The average Bonchev–Trinajstić information content (AvgIpc) is 2.53. The van der Waals surface area contributed by atoms with E-state index in [9.17, 15) is 4.79 Å². The Labute approximate surface area is 123 Å². The Balaban J connectivity index is 2.19. The molecule has 1 aliphatic rings. The Hall–Kier alpha value is -0.240. The first kappa shape index (κ1) is 16.8. The molecule has 1 atom stereocenters. The van der Waals surface area contributed by atoms with Crippen LogP contribution in [0.4, 0.5) is 0 Å². The molecule has 1 amide bonds. The molecule has 1 N–H and O–H groups in total. The molecule has 0 aromatic heterocycles. The Morgan fingerprint density at radius 2 is 1.79 bits per heavy atom. The number of hydrogen-bond acceptors (Lipinski definition) is 1. The van der Waals surface area contributed by atoms with Crippen LogP contribution in [0.25, 0.3) is 0 Å². The summed E-state index contributed by atoms with van der Waals surface area (Å²) in [6, 6.07) is 0. The van der Waals surface area contributed by atoms with E-state index in [0.29, 0.717) is 18.9 Å². The van der Waals surface area contributed by atoms with E-state index >= 15 is 0 Å². The van der Waals surface area contributed by atoms with E-state index < -0.39 is 0 Å². The van der Waals surface area contributed by atoms with E-state index in [1.807, 2.05) is 0 Å². The molecule has 0 radical (unpaired) electrons. The predicted molar refractivity (Wildman–Crippen MR) is 82.5 cm³/mol. The van der Waals surface area contributed by atoms with Gasteiger partial charge in [-0.15, -0.1) is 11.6 Å². The summed E-state index contributed by atoms with van der Waals surface area (Å²) in [6.07, 6.45) is 9.33. The van der Waals surface area contributed by atoms with Gasteiger partial charge in [0.15, 0.2) is 0 Å². The lowest BCUT2D eigenvalue weighted by molar-refractivity contribution is -0.122. The minimum atomic E-state index is 0.0399. The number of rotatable bonds is 5. The molecular formula is C16H30ClNO. The van der Waals surface area contributed by atoms with Gasteiger partial charge in [-0.1, -0.05) is 46.5 Å². The number of hydrogen-bond donors (Lipinski definition) is 1. The van der Waals surface area contributed by atoms with Gasteiger partial charge in [0.25, 0.3) is 0 Å². The van der Waals surface area contributed by atoms with E-state index in [1.165, 1.54) is 38.5 Å². The molecule has 1 unspecified atom stereocenters. The Bertz CT molecular complexity index is 264. The maximum Gasteiger partial charge on any atom is 0.220 e. The van der Waals surface area contributed by atoms with Gasteiger partial charge in [-0.05, 0) is 30.6 Å². The zero-order valence-corrected chi connectivity index (χ0v) is 13.6. The highest BCUT2D eigenvalue weighted by Crippen LogP contribution is 2.25. The second-order valence-corrected chi connectivity index (χ2v) is 7.85. The monoisotopic (exact) mass is 287 g/mol. The molecule has 2 nitrogen and oxygen atoms in total. The maximum atomic E-state index is 11.9. The lowest BCUT2D eigenvalue weighted by Crippen LogP contribution is -2.32. The van der Waals surface area contributed by atoms with Crippen LogP contribution < -0.4 is 5.32 Å².